The summed E-state index contributed by atoms with van der Waals surface area (Å²) in [6, 6.07) is 4.40. The maximum absolute atomic E-state index is 9.61. The summed E-state index contributed by atoms with van der Waals surface area (Å²) in [5.74, 6) is 0. The predicted molar refractivity (Wildman–Crippen MR) is 68.8 cm³/mol. The van der Waals surface area contributed by atoms with Crippen LogP contribution in [0.15, 0.2) is 15.9 Å². The highest BCUT2D eigenvalue weighted by molar-refractivity contribution is 9.11. The van der Waals surface area contributed by atoms with Crippen LogP contribution in [0.2, 0.25) is 0 Å². The lowest BCUT2D eigenvalue weighted by molar-refractivity contribution is -0.171. The summed E-state index contributed by atoms with van der Waals surface area (Å²) in [6.07, 6.45) is 0. The molecule has 1 N–H and O–H groups in total. The van der Waals surface area contributed by atoms with Crippen molar-refractivity contribution < 1.29 is 9.84 Å². The van der Waals surface area contributed by atoms with Crippen LogP contribution in [-0.2, 0) is 4.74 Å². The quantitative estimate of drug-likeness (QED) is 0.925. The maximum Gasteiger partial charge on any atom is 0.0701 e. The first-order chi connectivity index (χ1) is 7.59. The van der Waals surface area contributed by atoms with Gasteiger partial charge >= 0.3 is 0 Å². The SMILES string of the molecule is CN(C)C(c1ccc(Br)s1)C1(CO)COC1. The van der Waals surface area contributed by atoms with E-state index in [0.717, 1.165) is 3.79 Å². The molecule has 3 nitrogen and oxygen atoms in total. The second kappa shape index (κ2) is 4.74. The number of ether oxygens (including phenoxy) is 1. The first-order valence-electron chi connectivity index (χ1n) is 5.19. The molecule has 2 heterocycles. The zero-order chi connectivity index (χ0) is 11.8. The van der Waals surface area contributed by atoms with Gasteiger partial charge in [-0.3, -0.25) is 0 Å². The third-order valence-electron chi connectivity index (χ3n) is 3.05. The van der Waals surface area contributed by atoms with Gasteiger partial charge in [-0.15, -0.1) is 11.3 Å². The maximum atomic E-state index is 9.61. The van der Waals surface area contributed by atoms with E-state index in [0.29, 0.717) is 13.2 Å². The average Bonchev–Trinajstić information content (AvgIpc) is 2.57. The monoisotopic (exact) mass is 305 g/mol. The Morgan fingerprint density at radius 3 is 2.56 bits per heavy atom. The van der Waals surface area contributed by atoms with Gasteiger partial charge in [-0.1, -0.05) is 0 Å². The molecule has 0 spiro atoms. The number of hydrogen-bond acceptors (Lipinski definition) is 4. The number of halogens is 1. The minimum absolute atomic E-state index is 0.131. The van der Waals surface area contributed by atoms with E-state index < -0.39 is 0 Å². The minimum atomic E-state index is -0.131. The van der Waals surface area contributed by atoms with E-state index in [1.54, 1.807) is 11.3 Å². The summed E-state index contributed by atoms with van der Waals surface area (Å²) >= 11 is 5.21. The molecule has 2 rings (SSSR count). The molecule has 5 heteroatoms. The van der Waals surface area contributed by atoms with Crippen LogP contribution in [0.4, 0.5) is 0 Å². The molecule has 1 aromatic rings. The molecule has 0 aliphatic carbocycles. The average molecular weight is 306 g/mol. The van der Waals surface area contributed by atoms with Crippen LogP contribution < -0.4 is 0 Å². The normalized spacial score (nSPS) is 20.8. The van der Waals surface area contributed by atoms with Gasteiger partial charge in [-0.05, 0) is 42.2 Å². The number of rotatable bonds is 4. The molecule has 1 atom stereocenters. The van der Waals surface area contributed by atoms with Gasteiger partial charge in [0.1, 0.15) is 0 Å². The first-order valence-corrected chi connectivity index (χ1v) is 6.80. The fourth-order valence-electron chi connectivity index (χ4n) is 2.28. The Morgan fingerprint density at radius 2 is 2.25 bits per heavy atom. The number of nitrogens with zero attached hydrogens (tertiary/aromatic N) is 1. The zero-order valence-corrected chi connectivity index (χ0v) is 11.8. The van der Waals surface area contributed by atoms with Crippen molar-refractivity contribution in [1.82, 2.24) is 4.90 Å². The summed E-state index contributed by atoms with van der Waals surface area (Å²) in [6.45, 7) is 1.45. The second-order valence-electron chi connectivity index (χ2n) is 4.52. The van der Waals surface area contributed by atoms with E-state index >= 15 is 0 Å². The molecular weight excluding hydrogens is 290 g/mol. The molecule has 0 saturated carbocycles. The van der Waals surface area contributed by atoms with E-state index in [-0.39, 0.29) is 18.1 Å². The zero-order valence-electron chi connectivity index (χ0n) is 9.44. The first kappa shape index (κ1) is 12.5. The van der Waals surface area contributed by atoms with Crippen molar-refractivity contribution in [3.05, 3.63) is 20.8 Å². The fraction of sp³-hybridized carbons (Fsp3) is 0.636. The van der Waals surface area contributed by atoms with Gasteiger partial charge in [0.15, 0.2) is 0 Å². The van der Waals surface area contributed by atoms with E-state index in [1.807, 2.05) is 14.1 Å². The lowest BCUT2D eigenvalue weighted by Gasteiger charge is -2.48. The summed E-state index contributed by atoms with van der Waals surface area (Å²) in [7, 11) is 4.10. The molecule has 0 amide bonds. The van der Waals surface area contributed by atoms with Crippen molar-refractivity contribution in [2.45, 2.75) is 6.04 Å². The molecule has 0 radical (unpaired) electrons. The Labute approximate surface area is 108 Å². The lowest BCUT2D eigenvalue weighted by Crippen LogP contribution is -2.53. The van der Waals surface area contributed by atoms with Gasteiger partial charge in [0.2, 0.25) is 0 Å². The second-order valence-corrected chi connectivity index (χ2v) is 7.02. The van der Waals surface area contributed by atoms with E-state index in [1.165, 1.54) is 4.88 Å². The van der Waals surface area contributed by atoms with Gasteiger partial charge in [0.25, 0.3) is 0 Å². The van der Waals surface area contributed by atoms with E-state index in [2.05, 4.69) is 33.0 Å². The molecule has 1 aromatic heterocycles. The van der Waals surface area contributed by atoms with Crippen LogP contribution in [0.5, 0.6) is 0 Å². The van der Waals surface area contributed by atoms with Crippen molar-refractivity contribution in [3.8, 4) is 0 Å². The van der Waals surface area contributed by atoms with Crippen molar-refractivity contribution in [2.75, 3.05) is 33.9 Å². The number of aliphatic hydroxyl groups excluding tert-OH is 1. The molecule has 90 valence electrons. The third-order valence-corrected chi connectivity index (χ3v) is 4.73. The smallest absolute Gasteiger partial charge is 0.0701 e. The number of aliphatic hydroxyl groups is 1. The van der Waals surface area contributed by atoms with E-state index in [9.17, 15) is 5.11 Å². The summed E-state index contributed by atoms with van der Waals surface area (Å²) in [4.78, 5) is 3.44. The highest BCUT2D eigenvalue weighted by Crippen LogP contribution is 2.45. The number of thiophene rings is 1. The fourth-order valence-corrected chi connectivity index (χ4v) is 4.04. The Balaban J connectivity index is 2.30. The highest BCUT2D eigenvalue weighted by atomic mass is 79.9. The van der Waals surface area contributed by atoms with Crippen molar-refractivity contribution in [2.24, 2.45) is 5.41 Å². The molecule has 1 aliphatic rings. The molecule has 0 aromatic carbocycles. The number of hydrogen-bond donors (Lipinski definition) is 1. The summed E-state index contributed by atoms with van der Waals surface area (Å²) < 4.78 is 6.42. The Morgan fingerprint density at radius 1 is 1.56 bits per heavy atom. The minimum Gasteiger partial charge on any atom is -0.396 e. The van der Waals surface area contributed by atoms with E-state index in [4.69, 9.17) is 4.74 Å². The Kier molecular flexibility index (Phi) is 3.71. The van der Waals surface area contributed by atoms with Crippen LogP contribution in [0, 0.1) is 5.41 Å². The summed E-state index contributed by atoms with van der Waals surface area (Å²) in [5, 5.41) is 9.61. The van der Waals surface area contributed by atoms with Crippen molar-refractivity contribution in [3.63, 3.8) is 0 Å². The van der Waals surface area contributed by atoms with Gasteiger partial charge in [0, 0.05) is 4.88 Å². The predicted octanol–water partition coefficient (Wildman–Crippen LogP) is 2.12. The van der Waals surface area contributed by atoms with Gasteiger partial charge in [0.05, 0.1) is 35.1 Å². The Hall–Kier alpha value is 0.0600. The third kappa shape index (κ3) is 2.07. The molecular formula is C11H16BrNO2S. The van der Waals surface area contributed by atoms with Gasteiger partial charge in [-0.2, -0.15) is 0 Å². The van der Waals surface area contributed by atoms with Crippen molar-refractivity contribution in [1.29, 1.82) is 0 Å². The van der Waals surface area contributed by atoms with Crippen LogP contribution >= 0.6 is 27.3 Å². The standard InChI is InChI=1S/C11H16BrNO2S/c1-13(2)10(8-3-4-9(12)16-8)11(5-14)6-15-7-11/h3-4,10,14H,5-7H2,1-2H3. The molecule has 0 bridgehead atoms. The van der Waals surface area contributed by atoms with Crippen LogP contribution in [0.25, 0.3) is 0 Å². The lowest BCUT2D eigenvalue weighted by atomic mass is 9.77. The van der Waals surface area contributed by atoms with Crippen LogP contribution in [0.3, 0.4) is 0 Å². The summed E-state index contributed by atoms with van der Waals surface area (Å²) in [5.41, 5.74) is -0.131. The van der Waals surface area contributed by atoms with Crippen molar-refractivity contribution >= 4 is 27.3 Å². The van der Waals surface area contributed by atoms with Crippen LogP contribution in [0.1, 0.15) is 10.9 Å². The molecule has 1 unspecified atom stereocenters. The topological polar surface area (TPSA) is 32.7 Å². The molecule has 16 heavy (non-hydrogen) atoms. The molecule has 1 fully saturated rings. The largest absolute Gasteiger partial charge is 0.396 e. The molecule has 1 saturated heterocycles. The molecule has 1 aliphatic heterocycles. The highest BCUT2D eigenvalue weighted by Gasteiger charge is 2.47. The van der Waals surface area contributed by atoms with Crippen LogP contribution in [-0.4, -0.2) is 43.9 Å². The van der Waals surface area contributed by atoms with Gasteiger partial charge < -0.3 is 14.7 Å². The Bertz CT molecular complexity index is 357. The van der Waals surface area contributed by atoms with Gasteiger partial charge in [-0.25, -0.2) is 0 Å².